The van der Waals surface area contributed by atoms with E-state index in [-0.39, 0.29) is 18.1 Å². The van der Waals surface area contributed by atoms with E-state index < -0.39 is 6.17 Å². The van der Waals surface area contributed by atoms with Crippen molar-refractivity contribution in [2.24, 2.45) is 0 Å². The number of likely N-dealkylation sites (tertiary alicyclic amines) is 1. The average Bonchev–Trinajstić information content (AvgIpc) is 2.29. The molecule has 2 heterocycles. The maximum Gasteiger partial charge on any atom is 0.274 e. The van der Waals surface area contributed by atoms with Crippen LogP contribution in [0.1, 0.15) is 23.3 Å². The molecule has 15 heavy (non-hydrogen) atoms. The number of hydrogen-bond acceptors (Lipinski definition) is 3. The summed E-state index contributed by atoms with van der Waals surface area (Å²) < 4.78 is 13.1. The van der Waals surface area contributed by atoms with E-state index in [1.807, 2.05) is 0 Å². The van der Waals surface area contributed by atoms with E-state index >= 15 is 0 Å². The molecule has 1 atom stereocenters. The second-order valence-corrected chi connectivity index (χ2v) is 3.58. The van der Waals surface area contributed by atoms with Crippen molar-refractivity contribution in [3.8, 4) is 0 Å². The van der Waals surface area contributed by atoms with Crippen molar-refractivity contribution in [3.63, 3.8) is 0 Å². The topological polar surface area (TPSA) is 46.1 Å². The molecule has 5 heteroatoms. The van der Waals surface area contributed by atoms with E-state index in [1.165, 1.54) is 23.5 Å². The SMILES string of the molecule is O=C(c1cnccn1)N1CCCC(F)C1. The summed E-state index contributed by atoms with van der Waals surface area (Å²) in [5.74, 6) is -0.231. The van der Waals surface area contributed by atoms with Gasteiger partial charge in [0.1, 0.15) is 11.9 Å². The van der Waals surface area contributed by atoms with Crippen LogP contribution in [0.2, 0.25) is 0 Å². The van der Waals surface area contributed by atoms with Crippen molar-refractivity contribution < 1.29 is 9.18 Å². The van der Waals surface area contributed by atoms with E-state index in [2.05, 4.69) is 9.97 Å². The van der Waals surface area contributed by atoms with Gasteiger partial charge < -0.3 is 4.90 Å². The summed E-state index contributed by atoms with van der Waals surface area (Å²) in [6.07, 6.45) is 4.73. The summed E-state index contributed by atoms with van der Waals surface area (Å²) in [5, 5.41) is 0. The van der Waals surface area contributed by atoms with Gasteiger partial charge in [0.25, 0.3) is 5.91 Å². The third-order valence-corrected chi connectivity index (χ3v) is 2.43. The molecular formula is C10H12FN3O. The number of aromatic nitrogens is 2. The molecule has 0 N–H and O–H groups in total. The van der Waals surface area contributed by atoms with Gasteiger partial charge in [-0.05, 0) is 12.8 Å². The highest BCUT2D eigenvalue weighted by atomic mass is 19.1. The van der Waals surface area contributed by atoms with Crippen molar-refractivity contribution >= 4 is 5.91 Å². The number of alkyl halides is 1. The Balaban J connectivity index is 2.08. The molecule has 80 valence electrons. The summed E-state index contributed by atoms with van der Waals surface area (Å²) in [6.45, 7) is 0.783. The average molecular weight is 209 g/mol. The lowest BCUT2D eigenvalue weighted by Gasteiger charge is -2.28. The monoisotopic (exact) mass is 209 g/mol. The van der Waals surface area contributed by atoms with Gasteiger partial charge in [0.05, 0.1) is 12.7 Å². The van der Waals surface area contributed by atoms with Gasteiger partial charge in [0.2, 0.25) is 0 Å². The summed E-state index contributed by atoms with van der Waals surface area (Å²) in [6, 6.07) is 0. The molecule has 0 saturated carbocycles. The zero-order valence-electron chi connectivity index (χ0n) is 8.27. The van der Waals surface area contributed by atoms with Crippen LogP contribution in [0.5, 0.6) is 0 Å². The Bertz CT molecular complexity index is 344. The highest BCUT2D eigenvalue weighted by molar-refractivity contribution is 5.92. The van der Waals surface area contributed by atoms with Crippen LogP contribution in [-0.4, -0.2) is 40.0 Å². The van der Waals surface area contributed by atoms with E-state index in [0.29, 0.717) is 19.4 Å². The number of halogens is 1. The number of piperidine rings is 1. The second kappa shape index (κ2) is 4.33. The van der Waals surface area contributed by atoms with Crippen molar-refractivity contribution in [2.45, 2.75) is 19.0 Å². The Hall–Kier alpha value is -1.52. The van der Waals surface area contributed by atoms with Crippen molar-refractivity contribution in [1.82, 2.24) is 14.9 Å². The number of nitrogens with zero attached hydrogens (tertiary/aromatic N) is 3. The smallest absolute Gasteiger partial charge is 0.274 e. The summed E-state index contributed by atoms with van der Waals surface area (Å²) in [7, 11) is 0. The largest absolute Gasteiger partial charge is 0.334 e. The van der Waals surface area contributed by atoms with Crippen LogP contribution in [-0.2, 0) is 0 Å². The van der Waals surface area contributed by atoms with Gasteiger partial charge in [-0.15, -0.1) is 0 Å². The zero-order chi connectivity index (χ0) is 10.7. The minimum absolute atomic E-state index is 0.176. The lowest BCUT2D eigenvalue weighted by atomic mass is 10.1. The van der Waals surface area contributed by atoms with E-state index in [4.69, 9.17) is 0 Å². The molecule has 2 rings (SSSR count). The van der Waals surface area contributed by atoms with Crippen LogP contribution < -0.4 is 0 Å². The molecule has 0 aromatic carbocycles. The molecule has 0 aliphatic carbocycles. The Morgan fingerprint density at radius 2 is 2.40 bits per heavy atom. The van der Waals surface area contributed by atoms with Crippen LogP contribution in [0, 0.1) is 0 Å². The van der Waals surface area contributed by atoms with Crippen LogP contribution in [0.25, 0.3) is 0 Å². The maximum atomic E-state index is 13.1. The fourth-order valence-corrected chi connectivity index (χ4v) is 1.68. The van der Waals surface area contributed by atoms with Gasteiger partial charge in [0, 0.05) is 18.9 Å². The number of hydrogen-bond donors (Lipinski definition) is 0. The Morgan fingerprint density at radius 3 is 3.07 bits per heavy atom. The molecule has 1 fully saturated rings. The van der Waals surface area contributed by atoms with Crippen molar-refractivity contribution in [1.29, 1.82) is 0 Å². The van der Waals surface area contributed by atoms with Crippen molar-refractivity contribution in [2.75, 3.05) is 13.1 Å². The third-order valence-electron chi connectivity index (χ3n) is 2.43. The molecule has 1 amide bonds. The number of carbonyl (C=O) groups is 1. The first-order valence-electron chi connectivity index (χ1n) is 4.97. The lowest BCUT2D eigenvalue weighted by Crippen LogP contribution is -2.41. The Labute approximate surface area is 87.1 Å². The number of rotatable bonds is 1. The first-order chi connectivity index (χ1) is 7.27. The number of carbonyl (C=O) groups excluding carboxylic acids is 1. The molecule has 1 aliphatic rings. The quantitative estimate of drug-likeness (QED) is 0.694. The molecule has 0 radical (unpaired) electrons. The van der Waals surface area contributed by atoms with Crippen LogP contribution in [0.4, 0.5) is 4.39 Å². The second-order valence-electron chi connectivity index (χ2n) is 3.58. The van der Waals surface area contributed by atoms with Crippen LogP contribution in [0.15, 0.2) is 18.6 Å². The van der Waals surface area contributed by atoms with Gasteiger partial charge in [0.15, 0.2) is 0 Å². The Morgan fingerprint density at radius 1 is 1.53 bits per heavy atom. The molecule has 1 saturated heterocycles. The van der Waals surface area contributed by atoms with E-state index in [0.717, 1.165) is 0 Å². The molecular weight excluding hydrogens is 197 g/mol. The third kappa shape index (κ3) is 2.29. The minimum Gasteiger partial charge on any atom is -0.334 e. The van der Waals surface area contributed by atoms with Gasteiger partial charge in [-0.2, -0.15) is 0 Å². The van der Waals surface area contributed by atoms with Crippen LogP contribution in [0.3, 0.4) is 0 Å². The molecule has 0 spiro atoms. The fourth-order valence-electron chi connectivity index (χ4n) is 1.68. The molecule has 1 aromatic rings. The summed E-state index contributed by atoms with van der Waals surface area (Å²) in [4.78, 5) is 21.0. The van der Waals surface area contributed by atoms with Crippen molar-refractivity contribution in [3.05, 3.63) is 24.3 Å². The fraction of sp³-hybridized carbons (Fsp3) is 0.500. The molecule has 1 unspecified atom stereocenters. The predicted molar refractivity (Wildman–Crippen MR) is 52.1 cm³/mol. The van der Waals surface area contributed by atoms with E-state index in [1.54, 1.807) is 0 Å². The normalized spacial score (nSPS) is 21.4. The highest BCUT2D eigenvalue weighted by Gasteiger charge is 2.24. The van der Waals surface area contributed by atoms with Gasteiger partial charge in [-0.1, -0.05) is 0 Å². The van der Waals surface area contributed by atoms with Gasteiger partial charge in [-0.3, -0.25) is 9.78 Å². The Kier molecular flexibility index (Phi) is 2.89. The molecule has 1 aromatic heterocycles. The van der Waals surface area contributed by atoms with Crippen LogP contribution >= 0.6 is 0 Å². The zero-order valence-corrected chi connectivity index (χ0v) is 8.27. The summed E-state index contributed by atoms with van der Waals surface area (Å²) in [5.41, 5.74) is 0.284. The molecule has 0 bridgehead atoms. The van der Waals surface area contributed by atoms with Gasteiger partial charge in [-0.25, -0.2) is 9.37 Å². The minimum atomic E-state index is -0.903. The maximum absolute atomic E-state index is 13.1. The predicted octanol–water partition coefficient (Wildman–Crippen LogP) is 1.05. The first-order valence-corrected chi connectivity index (χ1v) is 4.97. The lowest BCUT2D eigenvalue weighted by molar-refractivity contribution is 0.0630. The number of amides is 1. The van der Waals surface area contributed by atoms with Gasteiger partial charge >= 0.3 is 0 Å². The molecule has 4 nitrogen and oxygen atoms in total. The highest BCUT2D eigenvalue weighted by Crippen LogP contribution is 2.14. The van der Waals surface area contributed by atoms with E-state index in [9.17, 15) is 9.18 Å². The first kappa shape index (κ1) is 10.0. The standard InChI is InChI=1S/C10H12FN3O/c11-8-2-1-5-14(7-8)10(15)9-6-12-3-4-13-9/h3-4,6,8H,1-2,5,7H2. The summed E-state index contributed by atoms with van der Waals surface area (Å²) >= 11 is 0. The molecule has 1 aliphatic heterocycles.